The SMILES string of the molecule is CC(C)[C@H](NC(=O)c1ccccc1F)C(=O)OCc1cccc(Br)c1. The third-order valence-electron chi connectivity index (χ3n) is 3.60. The van der Waals surface area contributed by atoms with E-state index in [1.54, 1.807) is 19.9 Å². The van der Waals surface area contributed by atoms with Crippen LogP contribution in [0.1, 0.15) is 29.8 Å². The molecule has 0 radical (unpaired) electrons. The molecule has 0 saturated heterocycles. The standard InChI is InChI=1S/C19H19BrFNO3/c1-12(2)17(22-18(23)15-8-3-4-9-16(15)21)19(24)25-11-13-6-5-7-14(20)10-13/h3-10,12,17H,11H2,1-2H3,(H,22,23)/t17-/m0/s1. The van der Waals surface area contributed by atoms with Crippen molar-refractivity contribution in [3.63, 3.8) is 0 Å². The van der Waals surface area contributed by atoms with Crippen molar-refractivity contribution in [2.75, 3.05) is 0 Å². The summed E-state index contributed by atoms with van der Waals surface area (Å²) in [7, 11) is 0. The highest BCUT2D eigenvalue weighted by atomic mass is 79.9. The normalized spacial score (nSPS) is 11.9. The van der Waals surface area contributed by atoms with E-state index in [0.717, 1.165) is 10.0 Å². The molecule has 0 saturated carbocycles. The summed E-state index contributed by atoms with van der Waals surface area (Å²) in [5, 5.41) is 2.56. The van der Waals surface area contributed by atoms with Crippen molar-refractivity contribution in [1.29, 1.82) is 0 Å². The Morgan fingerprint density at radius 2 is 1.88 bits per heavy atom. The maximum absolute atomic E-state index is 13.7. The Morgan fingerprint density at radius 3 is 2.52 bits per heavy atom. The molecule has 0 aliphatic carbocycles. The molecule has 0 fully saturated rings. The Morgan fingerprint density at radius 1 is 1.16 bits per heavy atom. The van der Waals surface area contributed by atoms with Gasteiger partial charge in [0.15, 0.2) is 0 Å². The molecular formula is C19H19BrFNO3. The lowest BCUT2D eigenvalue weighted by Gasteiger charge is -2.21. The Labute approximate surface area is 154 Å². The van der Waals surface area contributed by atoms with E-state index in [1.807, 2.05) is 24.3 Å². The molecular weight excluding hydrogens is 389 g/mol. The van der Waals surface area contributed by atoms with Gasteiger partial charge < -0.3 is 10.1 Å². The maximum atomic E-state index is 13.7. The Kier molecular flexibility index (Phi) is 6.70. The Bertz CT molecular complexity index is 764. The van der Waals surface area contributed by atoms with Crippen LogP contribution in [0.2, 0.25) is 0 Å². The molecule has 1 amide bonds. The summed E-state index contributed by atoms with van der Waals surface area (Å²) in [5.74, 6) is -2.04. The molecule has 0 aliphatic heterocycles. The van der Waals surface area contributed by atoms with E-state index in [2.05, 4.69) is 21.2 Å². The zero-order valence-corrected chi connectivity index (χ0v) is 15.5. The van der Waals surface area contributed by atoms with Crippen LogP contribution in [0.25, 0.3) is 0 Å². The number of amides is 1. The van der Waals surface area contributed by atoms with Crippen LogP contribution in [0.15, 0.2) is 53.0 Å². The van der Waals surface area contributed by atoms with Gasteiger partial charge in [-0.25, -0.2) is 9.18 Å². The van der Waals surface area contributed by atoms with Crippen LogP contribution in [0.3, 0.4) is 0 Å². The lowest BCUT2D eigenvalue weighted by molar-refractivity contribution is -0.148. The Hall–Kier alpha value is -2.21. The molecule has 2 rings (SSSR count). The van der Waals surface area contributed by atoms with Crippen molar-refractivity contribution in [2.45, 2.75) is 26.5 Å². The minimum atomic E-state index is -0.862. The first kappa shape index (κ1) is 19.1. The zero-order valence-electron chi connectivity index (χ0n) is 14.0. The molecule has 0 spiro atoms. The average molecular weight is 408 g/mol. The van der Waals surface area contributed by atoms with Gasteiger partial charge in [-0.1, -0.05) is 54.0 Å². The van der Waals surface area contributed by atoms with E-state index in [-0.39, 0.29) is 18.1 Å². The fourth-order valence-corrected chi connectivity index (χ4v) is 2.68. The number of carbonyl (C=O) groups excluding carboxylic acids is 2. The molecule has 0 bridgehead atoms. The van der Waals surface area contributed by atoms with Crippen molar-refractivity contribution in [3.8, 4) is 0 Å². The molecule has 2 aromatic carbocycles. The summed E-state index contributed by atoms with van der Waals surface area (Å²) in [6, 6.07) is 12.2. The van der Waals surface area contributed by atoms with Gasteiger partial charge in [-0.15, -0.1) is 0 Å². The second-order valence-corrected chi connectivity index (χ2v) is 6.83. The van der Waals surface area contributed by atoms with Crippen LogP contribution in [0.4, 0.5) is 4.39 Å². The van der Waals surface area contributed by atoms with Crippen molar-refractivity contribution in [1.82, 2.24) is 5.32 Å². The molecule has 2 aromatic rings. The van der Waals surface area contributed by atoms with Crippen LogP contribution in [0.5, 0.6) is 0 Å². The number of halogens is 2. The van der Waals surface area contributed by atoms with Gasteiger partial charge in [0.2, 0.25) is 0 Å². The predicted molar refractivity (Wildman–Crippen MR) is 96.4 cm³/mol. The van der Waals surface area contributed by atoms with Crippen LogP contribution < -0.4 is 5.32 Å². The number of rotatable bonds is 6. The fraction of sp³-hybridized carbons (Fsp3) is 0.263. The summed E-state index contributed by atoms with van der Waals surface area (Å²) in [6.45, 7) is 3.66. The lowest BCUT2D eigenvalue weighted by Crippen LogP contribution is -2.45. The molecule has 6 heteroatoms. The quantitative estimate of drug-likeness (QED) is 0.733. The largest absolute Gasteiger partial charge is 0.459 e. The van der Waals surface area contributed by atoms with Crippen molar-refractivity contribution < 1.29 is 18.7 Å². The van der Waals surface area contributed by atoms with Gasteiger partial charge in [0.05, 0.1) is 5.56 Å². The van der Waals surface area contributed by atoms with Gasteiger partial charge in [-0.2, -0.15) is 0 Å². The fourth-order valence-electron chi connectivity index (χ4n) is 2.23. The van der Waals surface area contributed by atoms with E-state index >= 15 is 0 Å². The molecule has 25 heavy (non-hydrogen) atoms. The number of benzene rings is 2. The van der Waals surface area contributed by atoms with Gasteiger partial charge >= 0.3 is 5.97 Å². The summed E-state index contributed by atoms with van der Waals surface area (Å²) in [5.41, 5.74) is 0.721. The molecule has 0 heterocycles. The average Bonchev–Trinajstić information content (AvgIpc) is 2.57. The number of nitrogens with one attached hydrogen (secondary N) is 1. The Balaban J connectivity index is 2.03. The highest BCUT2D eigenvalue weighted by molar-refractivity contribution is 9.10. The molecule has 132 valence electrons. The first-order valence-corrected chi connectivity index (χ1v) is 8.64. The van der Waals surface area contributed by atoms with Crippen LogP contribution >= 0.6 is 15.9 Å². The third-order valence-corrected chi connectivity index (χ3v) is 4.09. The van der Waals surface area contributed by atoms with Crippen LogP contribution in [-0.4, -0.2) is 17.9 Å². The first-order valence-electron chi connectivity index (χ1n) is 7.85. The predicted octanol–water partition coefficient (Wildman–Crippen LogP) is 4.09. The highest BCUT2D eigenvalue weighted by Crippen LogP contribution is 2.14. The highest BCUT2D eigenvalue weighted by Gasteiger charge is 2.27. The van der Waals surface area contributed by atoms with Crippen LogP contribution in [0, 0.1) is 11.7 Å². The summed E-state index contributed by atoms with van der Waals surface area (Å²) < 4.78 is 19.9. The summed E-state index contributed by atoms with van der Waals surface area (Å²) in [6.07, 6.45) is 0. The number of hydrogen-bond donors (Lipinski definition) is 1. The minimum absolute atomic E-state index is 0.0943. The number of esters is 1. The van der Waals surface area contributed by atoms with E-state index < -0.39 is 23.7 Å². The van der Waals surface area contributed by atoms with Gasteiger partial charge in [0, 0.05) is 4.47 Å². The molecule has 4 nitrogen and oxygen atoms in total. The van der Waals surface area contributed by atoms with Gasteiger partial charge in [-0.05, 0) is 35.7 Å². The number of ether oxygens (including phenoxy) is 1. The second kappa shape index (κ2) is 8.76. The molecule has 0 aromatic heterocycles. The monoisotopic (exact) mass is 407 g/mol. The molecule has 0 aliphatic rings. The first-order chi connectivity index (χ1) is 11.9. The van der Waals surface area contributed by atoms with Gasteiger partial charge in [0.25, 0.3) is 5.91 Å². The summed E-state index contributed by atoms with van der Waals surface area (Å²) >= 11 is 3.35. The molecule has 1 N–H and O–H groups in total. The van der Waals surface area contributed by atoms with Gasteiger partial charge in [0.1, 0.15) is 18.5 Å². The summed E-state index contributed by atoms with van der Waals surface area (Å²) in [4.78, 5) is 24.6. The van der Waals surface area contributed by atoms with E-state index in [4.69, 9.17) is 4.74 Å². The van der Waals surface area contributed by atoms with Crippen molar-refractivity contribution in [3.05, 3.63) is 69.9 Å². The molecule has 1 atom stereocenters. The minimum Gasteiger partial charge on any atom is -0.459 e. The van der Waals surface area contributed by atoms with Crippen LogP contribution in [-0.2, 0) is 16.1 Å². The maximum Gasteiger partial charge on any atom is 0.329 e. The van der Waals surface area contributed by atoms with Crippen molar-refractivity contribution in [2.24, 2.45) is 5.92 Å². The van der Waals surface area contributed by atoms with E-state index in [9.17, 15) is 14.0 Å². The second-order valence-electron chi connectivity index (χ2n) is 5.91. The van der Waals surface area contributed by atoms with Gasteiger partial charge in [-0.3, -0.25) is 4.79 Å². The number of carbonyl (C=O) groups is 2. The topological polar surface area (TPSA) is 55.4 Å². The lowest BCUT2D eigenvalue weighted by atomic mass is 10.0. The third kappa shape index (κ3) is 5.39. The zero-order chi connectivity index (χ0) is 18.4. The number of hydrogen-bond acceptors (Lipinski definition) is 3. The van der Waals surface area contributed by atoms with E-state index in [1.165, 1.54) is 18.2 Å². The van der Waals surface area contributed by atoms with E-state index in [0.29, 0.717) is 0 Å². The molecule has 0 unspecified atom stereocenters. The smallest absolute Gasteiger partial charge is 0.329 e. The van der Waals surface area contributed by atoms with Crippen molar-refractivity contribution >= 4 is 27.8 Å².